The van der Waals surface area contributed by atoms with Crippen LogP contribution < -0.4 is 10.9 Å². The van der Waals surface area contributed by atoms with Crippen molar-refractivity contribution in [2.24, 2.45) is 5.92 Å². The van der Waals surface area contributed by atoms with Gasteiger partial charge in [-0.2, -0.15) is 0 Å². The molecule has 1 fully saturated rings. The molecule has 2 atom stereocenters. The van der Waals surface area contributed by atoms with E-state index in [1.165, 1.54) is 0 Å². The predicted octanol–water partition coefficient (Wildman–Crippen LogP) is 2.20. The van der Waals surface area contributed by atoms with Gasteiger partial charge in [0.05, 0.1) is 12.1 Å². The fourth-order valence-electron chi connectivity index (χ4n) is 4.70. The number of carbonyl (C=O) groups is 1. The number of likely N-dealkylation sites (tertiary alicyclic amines) is 1. The number of furan rings is 1. The van der Waals surface area contributed by atoms with Crippen molar-refractivity contribution in [1.29, 1.82) is 0 Å². The van der Waals surface area contributed by atoms with Crippen molar-refractivity contribution >= 4 is 11.6 Å². The molecule has 2 N–H and O–H groups in total. The fraction of sp³-hybridized carbons (Fsp3) is 0.348. The van der Waals surface area contributed by atoms with Gasteiger partial charge in [0.2, 0.25) is 0 Å². The topological polar surface area (TPSA) is 101 Å². The van der Waals surface area contributed by atoms with Gasteiger partial charge < -0.3 is 24.3 Å². The Balaban J connectivity index is 1.34. The lowest BCUT2D eigenvalue weighted by molar-refractivity contribution is 0.0594. The standard InChI is InChI=1S/C23H24N4O4/c28-14-19-4-3-18(31-19)10-25-20-5-6-21-17-8-15(12-27(21)23(20)30)11-26(13-17)22(29)16-2-1-7-24-9-16/h1-7,9,15,17,25,28H,8,10-14H2/t15-,17+/m0/s1. The number of hydrogen-bond acceptors (Lipinski definition) is 6. The number of fused-ring (bicyclic) bond motifs is 4. The molecule has 8 nitrogen and oxygen atoms in total. The van der Waals surface area contributed by atoms with E-state index in [1.807, 2.05) is 21.6 Å². The van der Waals surface area contributed by atoms with Gasteiger partial charge in [-0.05, 0) is 48.7 Å². The number of piperidine rings is 1. The summed E-state index contributed by atoms with van der Waals surface area (Å²) in [5, 5.41) is 12.3. The number of aliphatic hydroxyl groups excluding tert-OH is 1. The predicted molar refractivity (Wildman–Crippen MR) is 114 cm³/mol. The van der Waals surface area contributed by atoms with Gasteiger partial charge in [-0.25, -0.2) is 0 Å². The Morgan fingerprint density at radius 1 is 1.16 bits per heavy atom. The number of anilines is 1. The highest BCUT2D eigenvalue weighted by molar-refractivity contribution is 5.94. The summed E-state index contributed by atoms with van der Waals surface area (Å²) in [6, 6.07) is 10.9. The van der Waals surface area contributed by atoms with Crippen molar-refractivity contribution in [3.8, 4) is 0 Å². The average Bonchev–Trinajstić information content (AvgIpc) is 3.27. The lowest BCUT2D eigenvalue weighted by Crippen LogP contribution is -2.49. The second-order valence-electron chi connectivity index (χ2n) is 8.22. The summed E-state index contributed by atoms with van der Waals surface area (Å²) in [7, 11) is 0. The Morgan fingerprint density at radius 3 is 2.81 bits per heavy atom. The van der Waals surface area contributed by atoms with Crippen molar-refractivity contribution in [1.82, 2.24) is 14.5 Å². The first-order valence-corrected chi connectivity index (χ1v) is 10.5. The van der Waals surface area contributed by atoms with Gasteiger partial charge in [0, 0.05) is 43.6 Å². The van der Waals surface area contributed by atoms with Crippen LogP contribution in [0.1, 0.15) is 39.9 Å². The highest BCUT2D eigenvalue weighted by atomic mass is 16.4. The number of amides is 1. The lowest BCUT2D eigenvalue weighted by atomic mass is 9.83. The number of aliphatic hydroxyl groups is 1. The van der Waals surface area contributed by atoms with Crippen molar-refractivity contribution in [3.63, 3.8) is 0 Å². The molecule has 0 aliphatic carbocycles. The van der Waals surface area contributed by atoms with Crippen LogP contribution in [0.25, 0.3) is 0 Å². The van der Waals surface area contributed by atoms with E-state index in [-0.39, 0.29) is 29.9 Å². The molecule has 1 amide bonds. The molecule has 0 unspecified atom stereocenters. The summed E-state index contributed by atoms with van der Waals surface area (Å²) in [5.41, 5.74) is 2.06. The first-order valence-electron chi connectivity index (χ1n) is 10.5. The monoisotopic (exact) mass is 420 g/mol. The highest BCUT2D eigenvalue weighted by Gasteiger charge is 2.36. The molecule has 0 saturated carbocycles. The Morgan fingerprint density at radius 2 is 2.03 bits per heavy atom. The average molecular weight is 420 g/mol. The smallest absolute Gasteiger partial charge is 0.274 e. The van der Waals surface area contributed by atoms with Crippen LogP contribution in [0, 0.1) is 5.92 Å². The van der Waals surface area contributed by atoms with Gasteiger partial charge >= 0.3 is 0 Å². The first-order chi connectivity index (χ1) is 15.1. The van der Waals surface area contributed by atoms with E-state index in [2.05, 4.69) is 10.3 Å². The van der Waals surface area contributed by atoms with Gasteiger partial charge in [0.1, 0.15) is 23.8 Å². The second kappa shape index (κ2) is 8.03. The minimum atomic E-state index is -0.148. The van der Waals surface area contributed by atoms with Crippen LogP contribution in [0.3, 0.4) is 0 Å². The molecule has 0 radical (unpaired) electrons. The molecule has 2 bridgehead atoms. The molecule has 2 aliphatic rings. The Bertz CT molecular complexity index is 1150. The maximum Gasteiger partial charge on any atom is 0.274 e. The minimum Gasteiger partial charge on any atom is -0.462 e. The van der Waals surface area contributed by atoms with E-state index in [0.717, 1.165) is 12.1 Å². The third-order valence-electron chi connectivity index (χ3n) is 6.13. The zero-order valence-corrected chi connectivity index (χ0v) is 17.0. The molecule has 5 heterocycles. The van der Waals surface area contributed by atoms with Gasteiger partial charge in [-0.3, -0.25) is 14.6 Å². The summed E-state index contributed by atoms with van der Waals surface area (Å²) in [5.74, 6) is 1.55. The minimum absolute atomic E-state index is 0.00224. The number of aromatic nitrogens is 2. The molecule has 31 heavy (non-hydrogen) atoms. The number of rotatable bonds is 5. The number of carbonyl (C=O) groups excluding carboxylic acids is 1. The highest BCUT2D eigenvalue weighted by Crippen LogP contribution is 2.36. The molecule has 8 heteroatoms. The molecular formula is C23H24N4O4. The van der Waals surface area contributed by atoms with Crippen LogP contribution in [0.15, 0.2) is 58.0 Å². The molecule has 2 aliphatic heterocycles. The van der Waals surface area contributed by atoms with E-state index < -0.39 is 0 Å². The van der Waals surface area contributed by atoms with Crippen LogP contribution >= 0.6 is 0 Å². The van der Waals surface area contributed by atoms with Gasteiger partial charge in [0.25, 0.3) is 11.5 Å². The normalized spacial score (nSPS) is 19.7. The van der Waals surface area contributed by atoms with Crippen molar-refractivity contribution in [2.75, 3.05) is 18.4 Å². The zero-order chi connectivity index (χ0) is 21.4. The fourth-order valence-corrected chi connectivity index (χ4v) is 4.70. The number of hydrogen-bond donors (Lipinski definition) is 2. The molecule has 3 aromatic rings. The maximum absolute atomic E-state index is 13.1. The Kier molecular flexibility index (Phi) is 5.07. The second-order valence-corrected chi connectivity index (χ2v) is 8.22. The van der Waals surface area contributed by atoms with Crippen LogP contribution in [-0.2, 0) is 19.7 Å². The molecule has 160 valence electrons. The molecule has 0 spiro atoms. The quantitative estimate of drug-likeness (QED) is 0.656. The van der Waals surface area contributed by atoms with Crippen LogP contribution in [0.4, 0.5) is 5.69 Å². The Labute approximate surface area is 179 Å². The third-order valence-corrected chi connectivity index (χ3v) is 6.13. The van der Waals surface area contributed by atoms with E-state index in [4.69, 9.17) is 9.52 Å². The molecule has 5 rings (SSSR count). The van der Waals surface area contributed by atoms with Crippen molar-refractivity contribution in [2.45, 2.75) is 32.0 Å². The maximum atomic E-state index is 13.1. The van der Waals surface area contributed by atoms with Crippen LogP contribution in [-0.4, -0.2) is 38.6 Å². The van der Waals surface area contributed by atoms with E-state index in [0.29, 0.717) is 49.0 Å². The van der Waals surface area contributed by atoms with Crippen LogP contribution in [0.2, 0.25) is 0 Å². The van der Waals surface area contributed by atoms with Gasteiger partial charge in [-0.1, -0.05) is 0 Å². The largest absolute Gasteiger partial charge is 0.462 e. The van der Waals surface area contributed by atoms with Gasteiger partial charge in [-0.15, -0.1) is 0 Å². The van der Waals surface area contributed by atoms with E-state index in [1.54, 1.807) is 36.7 Å². The lowest BCUT2D eigenvalue weighted by Gasteiger charge is -2.42. The third kappa shape index (κ3) is 3.74. The number of nitrogens with one attached hydrogen (secondary N) is 1. The van der Waals surface area contributed by atoms with Gasteiger partial charge in [0.15, 0.2) is 0 Å². The summed E-state index contributed by atoms with van der Waals surface area (Å²) in [6.45, 7) is 2.07. The summed E-state index contributed by atoms with van der Waals surface area (Å²) in [4.78, 5) is 31.9. The molecule has 3 aromatic heterocycles. The van der Waals surface area contributed by atoms with Crippen molar-refractivity contribution in [3.05, 3.63) is 81.9 Å². The first kappa shape index (κ1) is 19.6. The van der Waals surface area contributed by atoms with Crippen LogP contribution in [0.5, 0.6) is 0 Å². The molecular weight excluding hydrogens is 396 g/mol. The number of pyridine rings is 2. The number of nitrogens with zero attached hydrogens (tertiary/aromatic N) is 3. The summed E-state index contributed by atoms with van der Waals surface area (Å²) < 4.78 is 7.33. The van der Waals surface area contributed by atoms with E-state index >= 15 is 0 Å². The molecule has 1 saturated heterocycles. The van der Waals surface area contributed by atoms with Crippen molar-refractivity contribution < 1.29 is 14.3 Å². The summed E-state index contributed by atoms with van der Waals surface area (Å²) >= 11 is 0. The Hall–Kier alpha value is -3.39. The summed E-state index contributed by atoms with van der Waals surface area (Å²) in [6.07, 6.45) is 4.25. The molecule has 0 aromatic carbocycles. The van der Waals surface area contributed by atoms with E-state index in [9.17, 15) is 9.59 Å². The SMILES string of the molecule is O=C(c1cccnc1)N1C[C@@H]2C[C@H](C1)c1ccc(NCc3ccc(CO)o3)c(=O)n1C2. The zero-order valence-electron chi connectivity index (χ0n) is 17.0.